The average Bonchev–Trinajstić information content (AvgIpc) is 3.50. The van der Waals surface area contributed by atoms with Crippen LogP contribution in [0.5, 0.6) is 0 Å². The topological polar surface area (TPSA) is 8.17 Å². The highest BCUT2D eigenvalue weighted by atomic mass is 15.2. The molecular formula is C45H34N2. The summed E-state index contributed by atoms with van der Waals surface area (Å²) < 4.78 is 2.48. The van der Waals surface area contributed by atoms with Gasteiger partial charge in [-0.05, 0) is 81.6 Å². The third-order valence-electron chi connectivity index (χ3n) is 9.76. The minimum Gasteiger partial charge on any atom is -0.308 e. The van der Waals surface area contributed by atoms with Gasteiger partial charge in [0.1, 0.15) is 0 Å². The Morgan fingerprint density at radius 2 is 1.11 bits per heavy atom. The molecule has 0 radical (unpaired) electrons. The van der Waals surface area contributed by atoms with Crippen molar-refractivity contribution >= 4 is 29.2 Å². The van der Waals surface area contributed by atoms with Crippen LogP contribution in [0.25, 0.3) is 51.4 Å². The van der Waals surface area contributed by atoms with E-state index in [1.807, 2.05) is 0 Å². The Labute approximate surface area is 275 Å². The number of anilines is 3. The van der Waals surface area contributed by atoms with Gasteiger partial charge in [0.15, 0.2) is 0 Å². The van der Waals surface area contributed by atoms with Crippen LogP contribution in [0, 0.1) is 0 Å². The van der Waals surface area contributed by atoms with Crippen LogP contribution in [0.2, 0.25) is 0 Å². The van der Waals surface area contributed by atoms with Gasteiger partial charge in [-0.2, -0.15) is 0 Å². The maximum atomic E-state index is 2.48. The van der Waals surface area contributed by atoms with Gasteiger partial charge in [0.25, 0.3) is 0 Å². The van der Waals surface area contributed by atoms with Gasteiger partial charge in [0.2, 0.25) is 0 Å². The number of para-hydroxylation sites is 1. The number of benzene rings is 5. The zero-order chi connectivity index (χ0) is 31.5. The Balaban J connectivity index is 1.32. The molecule has 4 aliphatic rings. The minimum absolute atomic E-state index is 0.0898. The molecule has 2 heteroatoms. The SMILES string of the molecule is CC1(C)C=CC=c2cc3n(-c4ccc(-c5ccccc5)cc4)c4c(cc-3c21)N(c1ccc(-c2ccccc2)cc1)c1ccccc1C=4. The van der Waals surface area contributed by atoms with Gasteiger partial charge >= 0.3 is 0 Å². The first kappa shape index (κ1) is 27.5. The number of rotatable bonds is 4. The summed E-state index contributed by atoms with van der Waals surface area (Å²) in [4.78, 5) is 2.45. The van der Waals surface area contributed by atoms with Crippen LogP contribution >= 0.6 is 0 Å². The van der Waals surface area contributed by atoms with E-state index in [2.05, 4.69) is 193 Å². The summed E-state index contributed by atoms with van der Waals surface area (Å²) in [5.74, 6) is 0. The summed E-state index contributed by atoms with van der Waals surface area (Å²) in [7, 11) is 0. The number of hydrogen-bond acceptors (Lipinski definition) is 1. The van der Waals surface area contributed by atoms with Crippen molar-refractivity contribution in [3.8, 4) is 39.2 Å². The zero-order valence-corrected chi connectivity index (χ0v) is 26.6. The Hall–Kier alpha value is -5.86. The summed E-state index contributed by atoms with van der Waals surface area (Å²) in [6.45, 7) is 4.66. The number of hydrogen-bond donors (Lipinski definition) is 0. The van der Waals surface area contributed by atoms with Crippen molar-refractivity contribution in [2.24, 2.45) is 0 Å². The molecule has 5 aromatic rings. The fourth-order valence-electron chi connectivity index (χ4n) is 7.52. The van der Waals surface area contributed by atoms with E-state index in [1.54, 1.807) is 0 Å². The highest BCUT2D eigenvalue weighted by molar-refractivity contribution is 5.91. The predicted octanol–water partition coefficient (Wildman–Crippen LogP) is 10.2. The summed E-state index contributed by atoms with van der Waals surface area (Å²) in [6, 6.07) is 52.8. The van der Waals surface area contributed by atoms with Gasteiger partial charge in [-0.3, -0.25) is 0 Å². The molecule has 0 N–H and O–H groups in total. The molecule has 0 unspecified atom stereocenters. The molecule has 0 saturated carbocycles. The maximum absolute atomic E-state index is 2.48. The Morgan fingerprint density at radius 1 is 0.532 bits per heavy atom. The molecule has 2 heterocycles. The molecule has 47 heavy (non-hydrogen) atoms. The molecule has 0 saturated heterocycles. The van der Waals surface area contributed by atoms with Crippen LogP contribution in [-0.4, -0.2) is 4.57 Å². The Kier molecular flexibility index (Phi) is 6.20. The smallest absolute Gasteiger partial charge is 0.0709 e. The number of pyridine rings is 1. The van der Waals surface area contributed by atoms with Crippen molar-refractivity contribution in [1.29, 1.82) is 0 Å². The molecule has 5 aromatic carbocycles. The quantitative estimate of drug-likeness (QED) is 0.195. The molecule has 0 atom stereocenters. The molecule has 224 valence electrons. The molecule has 0 bridgehead atoms. The molecule has 0 fully saturated rings. The molecule has 2 nitrogen and oxygen atoms in total. The lowest BCUT2D eigenvalue weighted by Crippen LogP contribution is -2.31. The van der Waals surface area contributed by atoms with E-state index in [9.17, 15) is 0 Å². The van der Waals surface area contributed by atoms with Crippen LogP contribution in [0.15, 0.2) is 158 Å². The summed E-state index contributed by atoms with van der Waals surface area (Å²) >= 11 is 0. The lowest BCUT2D eigenvalue weighted by Gasteiger charge is -2.33. The molecule has 0 amide bonds. The van der Waals surface area contributed by atoms with Crippen molar-refractivity contribution in [2.75, 3.05) is 4.90 Å². The van der Waals surface area contributed by atoms with Crippen LogP contribution in [-0.2, 0) is 5.41 Å². The van der Waals surface area contributed by atoms with Gasteiger partial charge < -0.3 is 9.47 Å². The van der Waals surface area contributed by atoms with Crippen molar-refractivity contribution in [3.05, 3.63) is 179 Å². The average molecular weight is 603 g/mol. The van der Waals surface area contributed by atoms with Gasteiger partial charge in [-0.25, -0.2) is 0 Å². The van der Waals surface area contributed by atoms with E-state index >= 15 is 0 Å². The third kappa shape index (κ3) is 4.48. The minimum atomic E-state index is -0.0898. The number of allylic oxidation sites excluding steroid dienone is 2. The molecule has 0 aromatic heterocycles. The van der Waals surface area contributed by atoms with Crippen LogP contribution in [0.4, 0.5) is 17.1 Å². The zero-order valence-electron chi connectivity index (χ0n) is 26.6. The summed E-state index contributed by atoms with van der Waals surface area (Å²) in [5, 5.41) is 2.46. The van der Waals surface area contributed by atoms with E-state index < -0.39 is 0 Å². The fraction of sp³-hybridized carbons (Fsp3) is 0.0667. The highest BCUT2D eigenvalue weighted by Crippen LogP contribution is 2.44. The normalized spacial score (nSPS) is 14.1. The summed E-state index contributed by atoms with van der Waals surface area (Å²) in [5.41, 5.74) is 14.5. The first-order valence-corrected chi connectivity index (χ1v) is 16.4. The van der Waals surface area contributed by atoms with Crippen molar-refractivity contribution in [1.82, 2.24) is 4.57 Å². The van der Waals surface area contributed by atoms with Crippen molar-refractivity contribution in [2.45, 2.75) is 19.3 Å². The van der Waals surface area contributed by atoms with E-state index in [0.717, 1.165) is 11.4 Å². The monoisotopic (exact) mass is 602 g/mol. The lowest BCUT2D eigenvalue weighted by atomic mass is 9.80. The molecule has 0 spiro atoms. The first-order valence-electron chi connectivity index (χ1n) is 16.4. The lowest BCUT2D eigenvalue weighted by molar-refractivity contribution is 0.666. The van der Waals surface area contributed by atoms with Crippen LogP contribution in [0.1, 0.15) is 25.0 Å². The highest BCUT2D eigenvalue weighted by Gasteiger charge is 2.32. The second kappa shape index (κ2) is 10.6. The van der Waals surface area contributed by atoms with Gasteiger partial charge in [-0.15, -0.1) is 0 Å². The predicted molar refractivity (Wildman–Crippen MR) is 197 cm³/mol. The van der Waals surface area contributed by atoms with Gasteiger partial charge in [0.05, 0.1) is 22.4 Å². The number of nitrogens with zero attached hydrogens (tertiary/aromatic N) is 2. The molecular weight excluding hydrogens is 569 g/mol. The molecule has 2 aliphatic carbocycles. The van der Waals surface area contributed by atoms with Crippen molar-refractivity contribution < 1.29 is 0 Å². The third-order valence-corrected chi connectivity index (χ3v) is 9.76. The largest absolute Gasteiger partial charge is 0.308 e. The fourth-order valence-corrected chi connectivity index (χ4v) is 7.52. The molecule has 2 aliphatic heterocycles. The number of fused-ring (bicyclic) bond motifs is 5. The molecule has 9 rings (SSSR count). The van der Waals surface area contributed by atoms with Crippen molar-refractivity contribution in [3.63, 3.8) is 0 Å². The van der Waals surface area contributed by atoms with Crippen LogP contribution in [0.3, 0.4) is 0 Å². The van der Waals surface area contributed by atoms with Gasteiger partial charge in [-0.1, -0.05) is 135 Å². The summed E-state index contributed by atoms with van der Waals surface area (Å²) in [6.07, 6.45) is 9.17. The second-order valence-corrected chi connectivity index (χ2v) is 13.1. The maximum Gasteiger partial charge on any atom is 0.0709 e. The van der Waals surface area contributed by atoms with E-state index in [1.165, 1.54) is 66.6 Å². The van der Waals surface area contributed by atoms with E-state index in [-0.39, 0.29) is 5.41 Å². The van der Waals surface area contributed by atoms with E-state index in [0.29, 0.717) is 0 Å². The second-order valence-electron chi connectivity index (χ2n) is 13.1. The number of aromatic nitrogens is 1. The standard InChI is InChI=1S/C45H34N2/c1-45(2)27-11-17-36-29-41-39(44(36)45)30-43-42(47(41)38-25-21-34(22-26-38)32-14-7-4-8-15-32)28-35-16-9-10-18-40(35)46(43)37-23-19-33(20-24-37)31-12-5-3-6-13-31/h3-30H,1-2H3. The van der Waals surface area contributed by atoms with Gasteiger partial charge in [0, 0.05) is 27.9 Å². The Morgan fingerprint density at radius 3 is 1.77 bits per heavy atom. The Bertz CT molecular complexity index is 2390. The first-order chi connectivity index (χ1) is 23.0. The van der Waals surface area contributed by atoms with Crippen LogP contribution < -0.4 is 15.5 Å². The van der Waals surface area contributed by atoms with E-state index in [4.69, 9.17) is 0 Å².